The fraction of sp³-hybridized carbons (Fsp3) is 0.0833. The van der Waals surface area contributed by atoms with Crippen LogP contribution in [0.1, 0.15) is 27.9 Å². The van der Waals surface area contributed by atoms with Gasteiger partial charge in [0.15, 0.2) is 0 Å². The predicted octanol–water partition coefficient (Wildman–Crippen LogP) is 2.81. The minimum atomic E-state index is -0.880. The summed E-state index contributed by atoms with van der Waals surface area (Å²) in [5.74, 6) is -0.880. The van der Waals surface area contributed by atoms with E-state index in [4.69, 9.17) is 5.11 Å². The average molecular weight is 186 g/mol. The summed E-state index contributed by atoms with van der Waals surface area (Å²) in [6.45, 7) is 0. The number of benzene rings is 1. The lowest BCUT2D eigenvalue weighted by Gasteiger charge is -2.01. The molecule has 0 saturated carbocycles. The van der Waals surface area contributed by atoms with Crippen LogP contribution in [0.15, 0.2) is 30.4 Å². The summed E-state index contributed by atoms with van der Waals surface area (Å²) in [4.78, 5) is 10.7. The third-order valence-corrected chi connectivity index (χ3v) is 2.20. The monoisotopic (exact) mass is 186 g/mol. The number of fused-ring (bicyclic) bond motifs is 1. The number of carboxylic acid groups (broad SMARTS) is 1. The molecule has 0 bridgehead atoms. The van der Waals surface area contributed by atoms with Gasteiger partial charge >= 0.3 is 5.97 Å². The molecular weight excluding hydrogens is 176 g/mol. The van der Waals surface area contributed by atoms with E-state index in [9.17, 15) is 4.79 Å². The molecule has 1 aliphatic carbocycles. The number of aromatic carboxylic acids is 1. The number of rotatable bonds is 1. The van der Waals surface area contributed by atoms with E-state index in [0.29, 0.717) is 5.56 Å². The van der Waals surface area contributed by atoms with Crippen molar-refractivity contribution in [3.63, 3.8) is 0 Å². The Balaban J connectivity index is 2.53. The second kappa shape index (κ2) is 3.50. The summed E-state index contributed by atoms with van der Waals surface area (Å²) in [5.41, 5.74) is 2.38. The van der Waals surface area contributed by atoms with E-state index in [1.165, 1.54) is 0 Å². The molecule has 0 amide bonds. The topological polar surface area (TPSA) is 37.3 Å². The number of hydrogen-bond donors (Lipinski definition) is 1. The molecule has 0 saturated heterocycles. The standard InChI is InChI=1S/C12H10O2/c13-12(14)11-7-6-9-4-2-1-3-5-10(9)8-11/h2-8H,1H2,(H,13,14). The lowest BCUT2D eigenvalue weighted by atomic mass is 10.0. The maximum absolute atomic E-state index is 10.7. The zero-order chi connectivity index (χ0) is 9.97. The highest BCUT2D eigenvalue weighted by Crippen LogP contribution is 2.18. The molecule has 0 aliphatic heterocycles. The van der Waals surface area contributed by atoms with Crippen LogP contribution in [0.25, 0.3) is 12.2 Å². The van der Waals surface area contributed by atoms with Gasteiger partial charge < -0.3 is 5.11 Å². The van der Waals surface area contributed by atoms with Gasteiger partial charge in [0.05, 0.1) is 5.56 Å². The fourth-order valence-electron chi connectivity index (χ4n) is 1.47. The summed E-state index contributed by atoms with van der Waals surface area (Å²) < 4.78 is 0. The van der Waals surface area contributed by atoms with Crippen LogP contribution < -0.4 is 0 Å². The van der Waals surface area contributed by atoms with Crippen LogP contribution >= 0.6 is 0 Å². The van der Waals surface area contributed by atoms with E-state index < -0.39 is 5.97 Å². The molecule has 0 heterocycles. The lowest BCUT2D eigenvalue weighted by Crippen LogP contribution is -1.96. The number of allylic oxidation sites excluding steroid dienone is 2. The molecule has 1 N–H and O–H groups in total. The average Bonchev–Trinajstić information content (AvgIpc) is 2.41. The van der Waals surface area contributed by atoms with Crippen LogP contribution in [-0.4, -0.2) is 11.1 Å². The zero-order valence-electron chi connectivity index (χ0n) is 7.60. The molecule has 70 valence electrons. The van der Waals surface area contributed by atoms with Gasteiger partial charge in [0, 0.05) is 0 Å². The first-order chi connectivity index (χ1) is 6.77. The molecule has 1 aromatic rings. The van der Waals surface area contributed by atoms with Gasteiger partial charge in [0.2, 0.25) is 0 Å². The van der Waals surface area contributed by atoms with Crippen molar-refractivity contribution in [2.24, 2.45) is 0 Å². The van der Waals surface area contributed by atoms with E-state index in [1.54, 1.807) is 12.1 Å². The number of carbonyl (C=O) groups is 1. The Morgan fingerprint density at radius 2 is 1.86 bits per heavy atom. The Labute approximate surface area is 82.2 Å². The van der Waals surface area contributed by atoms with Crippen LogP contribution in [0.3, 0.4) is 0 Å². The molecule has 0 fully saturated rings. The van der Waals surface area contributed by atoms with Gasteiger partial charge in [-0.2, -0.15) is 0 Å². The highest BCUT2D eigenvalue weighted by Gasteiger charge is 2.05. The van der Waals surface area contributed by atoms with Gasteiger partial charge in [-0.3, -0.25) is 0 Å². The van der Waals surface area contributed by atoms with Gasteiger partial charge in [-0.05, 0) is 29.7 Å². The van der Waals surface area contributed by atoms with Crippen molar-refractivity contribution in [2.45, 2.75) is 6.42 Å². The van der Waals surface area contributed by atoms with E-state index in [0.717, 1.165) is 17.5 Å². The van der Waals surface area contributed by atoms with Gasteiger partial charge in [0.25, 0.3) is 0 Å². The molecule has 0 spiro atoms. The molecule has 0 aromatic heterocycles. The molecular formula is C12H10O2. The lowest BCUT2D eigenvalue weighted by molar-refractivity contribution is 0.0697. The molecule has 2 rings (SSSR count). The smallest absolute Gasteiger partial charge is 0.335 e. The van der Waals surface area contributed by atoms with Crippen molar-refractivity contribution in [3.8, 4) is 0 Å². The molecule has 14 heavy (non-hydrogen) atoms. The molecule has 2 nitrogen and oxygen atoms in total. The van der Waals surface area contributed by atoms with Crippen molar-refractivity contribution in [2.75, 3.05) is 0 Å². The second-order valence-electron chi connectivity index (χ2n) is 3.19. The minimum absolute atomic E-state index is 0.337. The van der Waals surface area contributed by atoms with Gasteiger partial charge in [0.1, 0.15) is 0 Å². The SMILES string of the molecule is O=C(O)c1ccc2c(c1)C=CCC=C2. The minimum Gasteiger partial charge on any atom is -0.478 e. The maximum Gasteiger partial charge on any atom is 0.335 e. The van der Waals surface area contributed by atoms with Gasteiger partial charge in [-0.25, -0.2) is 4.79 Å². The largest absolute Gasteiger partial charge is 0.478 e. The summed E-state index contributed by atoms with van der Waals surface area (Å²) in [6.07, 6.45) is 8.95. The van der Waals surface area contributed by atoms with Gasteiger partial charge in [-0.1, -0.05) is 30.4 Å². The molecule has 0 radical (unpaired) electrons. The first-order valence-electron chi connectivity index (χ1n) is 4.48. The summed E-state index contributed by atoms with van der Waals surface area (Å²) in [7, 11) is 0. The molecule has 1 aromatic carbocycles. The first kappa shape index (κ1) is 8.75. The maximum atomic E-state index is 10.7. The van der Waals surface area contributed by atoms with Crippen LogP contribution in [-0.2, 0) is 0 Å². The van der Waals surface area contributed by atoms with Gasteiger partial charge in [-0.15, -0.1) is 0 Å². The van der Waals surface area contributed by atoms with E-state index in [-0.39, 0.29) is 0 Å². The Morgan fingerprint density at radius 3 is 2.57 bits per heavy atom. The third kappa shape index (κ3) is 1.59. The summed E-state index contributed by atoms with van der Waals surface area (Å²) in [6, 6.07) is 5.17. The van der Waals surface area contributed by atoms with Crippen molar-refractivity contribution in [3.05, 3.63) is 47.0 Å². The van der Waals surface area contributed by atoms with E-state index in [1.807, 2.05) is 24.3 Å². The first-order valence-corrected chi connectivity index (χ1v) is 4.48. The highest BCUT2D eigenvalue weighted by molar-refractivity contribution is 5.89. The zero-order valence-corrected chi connectivity index (χ0v) is 7.60. The highest BCUT2D eigenvalue weighted by atomic mass is 16.4. The van der Waals surface area contributed by atoms with Crippen molar-refractivity contribution < 1.29 is 9.90 Å². The second-order valence-corrected chi connectivity index (χ2v) is 3.19. The Morgan fingerprint density at radius 1 is 1.14 bits per heavy atom. The summed E-state index contributed by atoms with van der Waals surface area (Å²) >= 11 is 0. The fourth-order valence-corrected chi connectivity index (χ4v) is 1.47. The number of carboxylic acids is 1. The van der Waals surface area contributed by atoms with Crippen molar-refractivity contribution in [1.82, 2.24) is 0 Å². The van der Waals surface area contributed by atoms with Crippen molar-refractivity contribution in [1.29, 1.82) is 0 Å². The molecule has 2 heteroatoms. The van der Waals surface area contributed by atoms with Crippen LogP contribution in [0.2, 0.25) is 0 Å². The Hall–Kier alpha value is -1.83. The predicted molar refractivity (Wildman–Crippen MR) is 56.1 cm³/mol. The molecule has 0 unspecified atom stereocenters. The normalized spacial score (nSPS) is 13.4. The van der Waals surface area contributed by atoms with Crippen LogP contribution in [0.4, 0.5) is 0 Å². The van der Waals surface area contributed by atoms with E-state index in [2.05, 4.69) is 6.08 Å². The van der Waals surface area contributed by atoms with Crippen molar-refractivity contribution >= 4 is 18.1 Å². The molecule has 0 atom stereocenters. The van der Waals surface area contributed by atoms with E-state index >= 15 is 0 Å². The number of hydrogen-bond acceptors (Lipinski definition) is 1. The Kier molecular flexibility index (Phi) is 2.19. The molecule has 1 aliphatic rings. The third-order valence-electron chi connectivity index (χ3n) is 2.20. The van der Waals surface area contributed by atoms with Crippen LogP contribution in [0.5, 0.6) is 0 Å². The Bertz CT molecular complexity index is 428. The quantitative estimate of drug-likeness (QED) is 0.732. The van der Waals surface area contributed by atoms with Crippen LogP contribution in [0, 0.1) is 0 Å². The summed E-state index contributed by atoms with van der Waals surface area (Å²) in [5, 5.41) is 8.81.